The summed E-state index contributed by atoms with van der Waals surface area (Å²) in [5.41, 5.74) is 7.23. The van der Waals surface area contributed by atoms with E-state index in [1.807, 2.05) is 6.20 Å². The Morgan fingerprint density at radius 2 is 2.38 bits per heavy atom. The molecule has 3 nitrogen and oxygen atoms in total. The highest BCUT2D eigenvalue weighted by molar-refractivity contribution is 5.42. The summed E-state index contributed by atoms with van der Waals surface area (Å²) in [4.78, 5) is 4.49. The monoisotopic (exact) mass is 176 g/mol. The number of aromatic nitrogens is 2. The fraction of sp³-hybridized carbons (Fsp3) is 0.300. The molecule has 0 atom stereocenters. The quantitative estimate of drug-likeness (QED) is 0.708. The minimum absolute atomic E-state index is 0.906. The predicted molar refractivity (Wildman–Crippen MR) is 51.4 cm³/mol. The van der Waals surface area contributed by atoms with Gasteiger partial charge in [-0.15, -0.1) is 0 Å². The van der Waals surface area contributed by atoms with Gasteiger partial charge in [-0.3, -0.25) is 0 Å². The number of hydrogen-bond donors (Lipinski definition) is 1. The molecule has 2 heterocycles. The van der Waals surface area contributed by atoms with E-state index in [0.29, 0.717) is 0 Å². The van der Waals surface area contributed by atoms with Crippen LogP contribution in [0.5, 0.6) is 0 Å². The van der Waals surface area contributed by atoms with Crippen LogP contribution in [0.4, 0.5) is 0 Å². The maximum Gasteiger partial charge on any atom is 0.137 e. The molecule has 0 unspecified atom stereocenters. The van der Waals surface area contributed by atoms with Crippen LogP contribution in [0, 0.1) is 6.92 Å². The van der Waals surface area contributed by atoms with Gasteiger partial charge in [-0.1, -0.05) is 0 Å². The van der Waals surface area contributed by atoms with Crippen LogP contribution in [0.3, 0.4) is 0 Å². The summed E-state index contributed by atoms with van der Waals surface area (Å²) < 4.78 is 2.05. The average molecular weight is 176 g/mol. The largest absolute Gasteiger partial charge is 0.357 e. The summed E-state index contributed by atoms with van der Waals surface area (Å²) in [7, 11) is 0. The standard InChI is InChI=1S/C10H13N3/c1-8-3-5-13-7-9(2-4-11)12-10(13)6-8/h3,5-7H,2,4,11H2,1H3/p+1. The Kier molecular flexibility index (Phi) is 2.02. The number of fused-ring (bicyclic) bond motifs is 1. The Morgan fingerprint density at radius 1 is 1.54 bits per heavy atom. The summed E-state index contributed by atoms with van der Waals surface area (Å²) in [5, 5.41) is 0. The van der Waals surface area contributed by atoms with Crippen molar-refractivity contribution in [1.29, 1.82) is 0 Å². The predicted octanol–water partition coefficient (Wildman–Crippen LogP) is 0.427. The SMILES string of the molecule is Cc1ccn2cc(CC[NH3+])nc2c1. The summed E-state index contributed by atoms with van der Waals surface area (Å²) in [6.07, 6.45) is 5.07. The van der Waals surface area contributed by atoms with E-state index in [1.165, 1.54) is 5.56 Å². The lowest BCUT2D eigenvalue weighted by molar-refractivity contribution is -0.366. The second-order valence-electron chi connectivity index (χ2n) is 3.31. The van der Waals surface area contributed by atoms with Crippen molar-refractivity contribution in [3.63, 3.8) is 0 Å². The summed E-state index contributed by atoms with van der Waals surface area (Å²) in [6.45, 7) is 2.98. The summed E-state index contributed by atoms with van der Waals surface area (Å²) in [6, 6.07) is 4.18. The van der Waals surface area contributed by atoms with E-state index in [-0.39, 0.29) is 0 Å². The molecule has 0 aromatic carbocycles. The van der Waals surface area contributed by atoms with E-state index in [9.17, 15) is 0 Å². The van der Waals surface area contributed by atoms with Gasteiger partial charge in [0.25, 0.3) is 0 Å². The number of rotatable bonds is 2. The molecule has 0 aliphatic rings. The lowest BCUT2D eigenvalue weighted by Gasteiger charge is -1.92. The molecule has 0 amide bonds. The van der Waals surface area contributed by atoms with E-state index in [0.717, 1.165) is 24.3 Å². The zero-order valence-electron chi connectivity index (χ0n) is 7.83. The molecule has 0 saturated carbocycles. The topological polar surface area (TPSA) is 44.9 Å². The highest BCUT2D eigenvalue weighted by Crippen LogP contribution is 2.07. The number of aryl methyl sites for hydroxylation is 1. The summed E-state index contributed by atoms with van der Waals surface area (Å²) >= 11 is 0. The van der Waals surface area contributed by atoms with Crippen LogP contribution in [0.1, 0.15) is 11.3 Å². The highest BCUT2D eigenvalue weighted by Gasteiger charge is 2.00. The maximum atomic E-state index is 4.49. The fourth-order valence-electron chi connectivity index (χ4n) is 1.44. The van der Waals surface area contributed by atoms with E-state index in [2.05, 4.69) is 40.4 Å². The van der Waals surface area contributed by atoms with E-state index >= 15 is 0 Å². The van der Waals surface area contributed by atoms with Gasteiger partial charge in [-0.05, 0) is 24.6 Å². The van der Waals surface area contributed by atoms with Gasteiger partial charge in [0.15, 0.2) is 0 Å². The van der Waals surface area contributed by atoms with Crippen molar-refractivity contribution in [2.45, 2.75) is 13.3 Å². The van der Waals surface area contributed by atoms with Crippen molar-refractivity contribution in [1.82, 2.24) is 9.38 Å². The molecule has 3 heteroatoms. The van der Waals surface area contributed by atoms with Crippen molar-refractivity contribution in [2.75, 3.05) is 6.54 Å². The van der Waals surface area contributed by atoms with Gasteiger partial charge in [-0.2, -0.15) is 0 Å². The first-order chi connectivity index (χ1) is 6.29. The number of hydrogen-bond acceptors (Lipinski definition) is 1. The number of nitrogens with zero attached hydrogens (tertiary/aromatic N) is 2. The van der Waals surface area contributed by atoms with Gasteiger partial charge in [0, 0.05) is 18.8 Å². The maximum absolute atomic E-state index is 4.49. The molecule has 2 rings (SSSR count). The van der Waals surface area contributed by atoms with Crippen molar-refractivity contribution >= 4 is 5.65 Å². The molecular formula is C10H14N3+. The molecule has 0 radical (unpaired) electrons. The molecule has 3 N–H and O–H groups in total. The third-order valence-electron chi connectivity index (χ3n) is 2.10. The van der Waals surface area contributed by atoms with Crippen molar-refractivity contribution in [3.05, 3.63) is 35.8 Å². The van der Waals surface area contributed by atoms with Gasteiger partial charge < -0.3 is 10.1 Å². The normalized spacial score (nSPS) is 10.9. The van der Waals surface area contributed by atoms with Crippen molar-refractivity contribution in [3.8, 4) is 0 Å². The van der Waals surface area contributed by atoms with Gasteiger partial charge in [0.1, 0.15) is 5.65 Å². The van der Waals surface area contributed by atoms with Crippen LogP contribution in [0.15, 0.2) is 24.5 Å². The van der Waals surface area contributed by atoms with E-state index in [4.69, 9.17) is 0 Å². The second kappa shape index (κ2) is 3.18. The van der Waals surface area contributed by atoms with Crippen LogP contribution >= 0.6 is 0 Å². The first-order valence-corrected chi connectivity index (χ1v) is 4.53. The van der Waals surface area contributed by atoms with Crippen LogP contribution < -0.4 is 5.73 Å². The van der Waals surface area contributed by atoms with Gasteiger partial charge in [0.2, 0.25) is 0 Å². The second-order valence-corrected chi connectivity index (χ2v) is 3.31. The van der Waals surface area contributed by atoms with E-state index in [1.54, 1.807) is 0 Å². The minimum atomic E-state index is 0.906. The van der Waals surface area contributed by atoms with Crippen LogP contribution in [-0.2, 0) is 6.42 Å². The van der Waals surface area contributed by atoms with Crippen LogP contribution in [0.2, 0.25) is 0 Å². The van der Waals surface area contributed by atoms with Crippen molar-refractivity contribution in [2.24, 2.45) is 0 Å². The Hall–Kier alpha value is -1.35. The van der Waals surface area contributed by atoms with Gasteiger partial charge in [-0.25, -0.2) is 4.98 Å². The molecule has 0 bridgehead atoms. The third-order valence-corrected chi connectivity index (χ3v) is 2.10. The molecule has 13 heavy (non-hydrogen) atoms. The fourth-order valence-corrected chi connectivity index (χ4v) is 1.44. The Balaban J connectivity index is 2.49. The molecule has 2 aromatic heterocycles. The molecule has 0 saturated heterocycles. The molecule has 68 valence electrons. The third kappa shape index (κ3) is 1.55. The Morgan fingerprint density at radius 3 is 3.15 bits per heavy atom. The number of imidazole rings is 1. The molecule has 0 aliphatic heterocycles. The van der Waals surface area contributed by atoms with Gasteiger partial charge in [0.05, 0.1) is 12.2 Å². The Labute approximate surface area is 77.2 Å². The first-order valence-electron chi connectivity index (χ1n) is 4.53. The number of pyridine rings is 1. The van der Waals surface area contributed by atoms with Crippen molar-refractivity contribution < 1.29 is 5.73 Å². The smallest absolute Gasteiger partial charge is 0.137 e. The highest BCUT2D eigenvalue weighted by atomic mass is 15.0. The summed E-state index contributed by atoms with van der Waals surface area (Å²) in [5.74, 6) is 0. The first kappa shape index (κ1) is 8.26. The van der Waals surface area contributed by atoms with Crippen LogP contribution in [-0.4, -0.2) is 15.9 Å². The molecule has 0 aliphatic carbocycles. The molecule has 0 fully saturated rings. The van der Waals surface area contributed by atoms with E-state index < -0.39 is 0 Å². The molecule has 2 aromatic rings. The zero-order valence-corrected chi connectivity index (χ0v) is 7.83. The lowest BCUT2D eigenvalue weighted by atomic mass is 10.3. The minimum Gasteiger partial charge on any atom is -0.357 e. The average Bonchev–Trinajstić information content (AvgIpc) is 2.46. The lowest BCUT2D eigenvalue weighted by Crippen LogP contribution is -2.51. The molecule has 0 spiro atoms. The zero-order chi connectivity index (χ0) is 9.26. The molecular weight excluding hydrogens is 162 g/mol. The number of quaternary nitrogens is 1. The van der Waals surface area contributed by atoms with Gasteiger partial charge >= 0.3 is 0 Å². The Bertz CT molecular complexity index is 417. The van der Waals surface area contributed by atoms with Crippen LogP contribution in [0.25, 0.3) is 5.65 Å².